The van der Waals surface area contributed by atoms with E-state index in [2.05, 4.69) is 70.9 Å². The van der Waals surface area contributed by atoms with Gasteiger partial charge in [0.15, 0.2) is 0 Å². The summed E-state index contributed by atoms with van der Waals surface area (Å²) < 4.78 is 17.2. The normalized spacial score (nSPS) is 14.5. The number of aliphatic imine (C=N–C) groups is 1. The maximum Gasteiger partial charge on any atom is 0.136 e. The van der Waals surface area contributed by atoms with Crippen molar-refractivity contribution in [2.75, 3.05) is 0 Å². The molecule has 3 aromatic rings. The largest absolute Gasteiger partial charge is 0.598 e. The van der Waals surface area contributed by atoms with Crippen molar-refractivity contribution >= 4 is 33.0 Å². The van der Waals surface area contributed by atoms with Crippen LogP contribution in [0.15, 0.2) is 94.4 Å². The molecule has 0 aliphatic heterocycles. The standard InChI is InChI=1S/C28H33BrN2OS/c1-20(2)25(31-33(32)28(3,4)5)27(23-16-18-24(29)19-17-23)30-26(21-12-8-6-9-13-21)22-14-10-7-11-15-22/h6-20,25,27,31H,1-5H3. The van der Waals surface area contributed by atoms with Gasteiger partial charge in [-0.3, -0.25) is 4.99 Å². The van der Waals surface area contributed by atoms with E-state index in [0.717, 1.165) is 26.9 Å². The number of nitrogens with one attached hydrogen (secondary N) is 1. The van der Waals surface area contributed by atoms with Gasteiger partial charge < -0.3 is 4.55 Å². The predicted molar refractivity (Wildman–Crippen MR) is 145 cm³/mol. The van der Waals surface area contributed by atoms with E-state index < -0.39 is 11.4 Å². The SMILES string of the molecule is CC(C)C(N[S+]([O-])C(C)(C)C)C(N=C(c1ccccc1)c1ccccc1)c1ccc(Br)cc1. The highest BCUT2D eigenvalue weighted by atomic mass is 79.9. The van der Waals surface area contributed by atoms with Gasteiger partial charge in [0.2, 0.25) is 0 Å². The van der Waals surface area contributed by atoms with E-state index in [1.807, 2.05) is 69.3 Å². The van der Waals surface area contributed by atoms with Crippen LogP contribution in [0.5, 0.6) is 0 Å². The zero-order valence-electron chi connectivity index (χ0n) is 20.0. The fourth-order valence-corrected chi connectivity index (χ4v) is 4.80. The van der Waals surface area contributed by atoms with Crippen molar-refractivity contribution in [1.29, 1.82) is 0 Å². The molecule has 0 aromatic heterocycles. The highest BCUT2D eigenvalue weighted by molar-refractivity contribution is 9.10. The number of halogens is 1. The Balaban J connectivity index is 2.18. The Hall–Kier alpha value is -1.92. The van der Waals surface area contributed by atoms with Crippen LogP contribution in [-0.4, -0.2) is 21.1 Å². The summed E-state index contributed by atoms with van der Waals surface area (Å²) in [6.45, 7) is 10.3. The third kappa shape index (κ3) is 7.03. The van der Waals surface area contributed by atoms with Crippen LogP contribution in [0, 0.1) is 5.92 Å². The summed E-state index contributed by atoms with van der Waals surface area (Å²) in [6.07, 6.45) is 0. The van der Waals surface area contributed by atoms with Gasteiger partial charge in [-0.05, 0) is 44.4 Å². The summed E-state index contributed by atoms with van der Waals surface area (Å²) in [6, 6.07) is 28.5. The van der Waals surface area contributed by atoms with Gasteiger partial charge in [-0.1, -0.05) is 103 Å². The summed E-state index contributed by atoms with van der Waals surface area (Å²) in [5.41, 5.74) is 4.13. The van der Waals surface area contributed by atoms with Crippen LogP contribution in [0.1, 0.15) is 57.4 Å². The van der Waals surface area contributed by atoms with Crippen LogP contribution in [0.25, 0.3) is 0 Å². The second-order valence-corrected chi connectivity index (χ2v) is 12.4. The van der Waals surface area contributed by atoms with Crippen LogP contribution in [0.3, 0.4) is 0 Å². The Morgan fingerprint density at radius 3 is 1.76 bits per heavy atom. The molecule has 3 aromatic carbocycles. The smallest absolute Gasteiger partial charge is 0.136 e. The van der Waals surface area contributed by atoms with E-state index in [9.17, 15) is 4.55 Å². The first-order valence-electron chi connectivity index (χ1n) is 11.3. The molecule has 0 aliphatic rings. The first kappa shape index (κ1) is 25.7. The molecule has 0 fully saturated rings. The molecule has 3 unspecified atom stereocenters. The number of hydrogen-bond donors (Lipinski definition) is 1. The summed E-state index contributed by atoms with van der Waals surface area (Å²) in [5.74, 6) is 0.210. The lowest BCUT2D eigenvalue weighted by Gasteiger charge is -2.33. The van der Waals surface area contributed by atoms with E-state index in [-0.39, 0.29) is 22.7 Å². The zero-order valence-corrected chi connectivity index (χ0v) is 22.4. The molecular formula is C28H33BrN2OS. The minimum atomic E-state index is -1.22. The highest BCUT2D eigenvalue weighted by Gasteiger charge is 2.35. The Labute approximate surface area is 210 Å². The monoisotopic (exact) mass is 524 g/mol. The minimum Gasteiger partial charge on any atom is -0.598 e. The van der Waals surface area contributed by atoms with Crippen molar-refractivity contribution in [2.24, 2.45) is 10.9 Å². The molecule has 33 heavy (non-hydrogen) atoms. The quantitative estimate of drug-likeness (QED) is 0.252. The molecule has 174 valence electrons. The highest BCUT2D eigenvalue weighted by Crippen LogP contribution is 2.31. The lowest BCUT2D eigenvalue weighted by Crippen LogP contribution is -2.49. The number of hydrogen-bond acceptors (Lipinski definition) is 3. The van der Waals surface area contributed by atoms with Crippen molar-refractivity contribution in [3.8, 4) is 0 Å². The molecule has 0 bridgehead atoms. The molecule has 0 amide bonds. The average Bonchev–Trinajstić information content (AvgIpc) is 2.79. The molecule has 0 radical (unpaired) electrons. The Morgan fingerprint density at radius 1 is 0.848 bits per heavy atom. The van der Waals surface area contributed by atoms with Gasteiger partial charge in [0, 0.05) is 27.0 Å². The Bertz CT molecular complexity index is 990. The summed E-state index contributed by atoms with van der Waals surface area (Å²) in [5, 5.41) is 0. The zero-order chi connectivity index (χ0) is 24.0. The summed E-state index contributed by atoms with van der Waals surface area (Å²) in [7, 11) is 0. The first-order valence-corrected chi connectivity index (χ1v) is 13.2. The third-order valence-electron chi connectivity index (χ3n) is 5.43. The molecule has 0 saturated heterocycles. The Kier molecular flexibility index (Phi) is 8.94. The lowest BCUT2D eigenvalue weighted by atomic mass is 9.91. The van der Waals surface area contributed by atoms with Gasteiger partial charge in [0.25, 0.3) is 0 Å². The van der Waals surface area contributed by atoms with Crippen LogP contribution < -0.4 is 4.72 Å². The van der Waals surface area contributed by atoms with Crippen molar-refractivity contribution in [1.82, 2.24) is 4.72 Å². The van der Waals surface area contributed by atoms with E-state index in [1.54, 1.807) is 0 Å². The molecule has 0 heterocycles. The van der Waals surface area contributed by atoms with Gasteiger partial charge in [0.1, 0.15) is 4.75 Å². The molecule has 1 N–H and O–H groups in total. The molecule has 3 atom stereocenters. The Morgan fingerprint density at radius 2 is 1.33 bits per heavy atom. The number of nitrogens with zero attached hydrogens (tertiary/aromatic N) is 1. The fourth-order valence-electron chi connectivity index (χ4n) is 3.53. The number of benzene rings is 3. The van der Waals surface area contributed by atoms with Gasteiger partial charge in [0.05, 0.1) is 17.8 Å². The van der Waals surface area contributed by atoms with Crippen molar-refractivity contribution in [3.05, 3.63) is 106 Å². The van der Waals surface area contributed by atoms with E-state index >= 15 is 0 Å². The molecule has 3 rings (SSSR count). The van der Waals surface area contributed by atoms with Crippen molar-refractivity contribution < 1.29 is 4.55 Å². The van der Waals surface area contributed by atoms with E-state index in [1.165, 1.54) is 0 Å². The van der Waals surface area contributed by atoms with Gasteiger partial charge in [-0.25, -0.2) is 0 Å². The summed E-state index contributed by atoms with van der Waals surface area (Å²) >= 11 is 2.33. The van der Waals surface area contributed by atoms with Crippen LogP contribution in [0.2, 0.25) is 0 Å². The first-order chi connectivity index (χ1) is 15.7. The van der Waals surface area contributed by atoms with Crippen LogP contribution in [0.4, 0.5) is 0 Å². The maximum absolute atomic E-state index is 13.1. The average molecular weight is 526 g/mol. The van der Waals surface area contributed by atoms with Gasteiger partial charge in [-0.15, -0.1) is 4.72 Å². The second kappa shape index (κ2) is 11.5. The van der Waals surface area contributed by atoms with Crippen LogP contribution >= 0.6 is 15.9 Å². The molecule has 0 spiro atoms. The summed E-state index contributed by atoms with van der Waals surface area (Å²) in [4.78, 5) is 5.38. The van der Waals surface area contributed by atoms with Crippen LogP contribution in [-0.2, 0) is 11.4 Å². The lowest BCUT2D eigenvalue weighted by molar-refractivity contribution is 0.385. The molecular weight excluding hydrogens is 492 g/mol. The third-order valence-corrected chi connectivity index (χ3v) is 7.56. The molecule has 0 aliphatic carbocycles. The van der Waals surface area contributed by atoms with Crippen molar-refractivity contribution in [3.63, 3.8) is 0 Å². The van der Waals surface area contributed by atoms with Gasteiger partial charge >= 0.3 is 0 Å². The van der Waals surface area contributed by atoms with Gasteiger partial charge in [-0.2, -0.15) is 0 Å². The second-order valence-electron chi connectivity index (χ2n) is 9.47. The topological polar surface area (TPSA) is 47.4 Å². The molecule has 5 heteroatoms. The van der Waals surface area contributed by atoms with E-state index in [0.29, 0.717) is 0 Å². The minimum absolute atomic E-state index is 0.117. The maximum atomic E-state index is 13.1. The van der Waals surface area contributed by atoms with Crippen molar-refractivity contribution in [2.45, 2.75) is 51.4 Å². The molecule has 3 nitrogen and oxygen atoms in total. The van der Waals surface area contributed by atoms with E-state index in [4.69, 9.17) is 4.99 Å². The predicted octanol–water partition coefficient (Wildman–Crippen LogP) is 7.10. The number of rotatable bonds is 8. The fraction of sp³-hybridized carbons (Fsp3) is 0.321. The molecule has 0 saturated carbocycles.